The van der Waals surface area contributed by atoms with Gasteiger partial charge in [0.2, 0.25) is 0 Å². The number of hydrogen-bond donors (Lipinski definition) is 1. The van der Waals surface area contributed by atoms with Crippen molar-refractivity contribution in [1.29, 1.82) is 0 Å². The molecular formula is C16H33N3O2. The third-order valence-electron chi connectivity index (χ3n) is 4.90. The number of nitrogens with one attached hydrogen (secondary N) is 1. The molecular weight excluding hydrogens is 266 g/mol. The highest BCUT2D eigenvalue weighted by Crippen LogP contribution is 2.21. The maximum atomic E-state index is 11.8. The van der Waals surface area contributed by atoms with E-state index in [1.165, 1.54) is 13.7 Å². The van der Waals surface area contributed by atoms with Crippen molar-refractivity contribution in [3.8, 4) is 0 Å². The van der Waals surface area contributed by atoms with Gasteiger partial charge in [0, 0.05) is 19.1 Å². The van der Waals surface area contributed by atoms with Crippen molar-refractivity contribution >= 4 is 5.97 Å². The van der Waals surface area contributed by atoms with Crippen LogP contribution in [-0.2, 0) is 9.53 Å². The number of likely N-dealkylation sites (N-methyl/N-ethyl adjacent to an activating group) is 2. The molecule has 3 unspecified atom stereocenters. The lowest BCUT2D eigenvalue weighted by molar-refractivity contribution is -0.148. The number of esters is 1. The first-order valence-corrected chi connectivity index (χ1v) is 8.00. The SMILES string of the molecule is CNC(C)(CCCCN1CC(C)C(N(C)C)C1)C(=O)OC. The maximum Gasteiger partial charge on any atom is 0.325 e. The van der Waals surface area contributed by atoms with Crippen LogP contribution in [0.15, 0.2) is 0 Å². The summed E-state index contributed by atoms with van der Waals surface area (Å²) in [6.07, 6.45) is 2.97. The Morgan fingerprint density at radius 1 is 1.38 bits per heavy atom. The molecule has 1 heterocycles. The number of hydrogen-bond acceptors (Lipinski definition) is 5. The zero-order valence-electron chi connectivity index (χ0n) is 14.6. The first-order valence-electron chi connectivity index (χ1n) is 8.00. The van der Waals surface area contributed by atoms with E-state index in [1.54, 1.807) is 0 Å². The fraction of sp³-hybridized carbons (Fsp3) is 0.938. The van der Waals surface area contributed by atoms with Crippen LogP contribution >= 0.6 is 0 Å². The third-order valence-corrected chi connectivity index (χ3v) is 4.90. The van der Waals surface area contributed by atoms with Crippen LogP contribution in [0.2, 0.25) is 0 Å². The van der Waals surface area contributed by atoms with Gasteiger partial charge in [-0.1, -0.05) is 6.92 Å². The van der Waals surface area contributed by atoms with E-state index in [1.807, 2.05) is 14.0 Å². The van der Waals surface area contributed by atoms with Gasteiger partial charge in [-0.25, -0.2) is 0 Å². The molecule has 0 aromatic rings. The fourth-order valence-electron chi connectivity index (χ4n) is 3.27. The van der Waals surface area contributed by atoms with Gasteiger partial charge in [-0.2, -0.15) is 0 Å². The second-order valence-corrected chi connectivity index (χ2v) is 6.80. The Morgan fingerprint density at radius 3 is 2.52 bits per heavy atom. The largest absolute Gasteiger partial charge is 0.468 e. The summed E-state index contributed by atoms with van der Waals surface area (Å²) in [6.45, 7) is 7.71. The average Bonchev–Trinajstić information content (AvgIpc) is 2.83. The third kappa shape index (κ3) is 4.94. The van der Waals surface area contributed by atoms with Crippen molar-refractivity contribution in [2.24, 2.45) is 5.92 Å². The van der Waals surface area contributed by atoms with Crippen LogP contribution in [0, 0.1) is 5.92 Å². The number of nitrogens with zero attached hydrogens (tertiary/aromatic N) is 2. The molecule has 0 radical (unpaired) electrons. The van der Waals surface area contributed by atoms with E-state index in [4.69, 9.17) is 4.74 Å². The molecule has 5 heteroatoms. The Morgan fingerprint density at radius 2 is 2.05 bits per heavy atom. The number of carbonyl (C=O) groups is 1. The van der Waals surface area contributed by atoms with E-state index in [0.717, 1.165) is 38.3 Å². The van der Waals surface area contributed by atoms with E-state index in [2.05, 4.69) is 36.1 Å². The van der Waals surface area contributed by atoms with Crippen LogP contribution in [0.25, 0.3) is 0 Å². The minimum Gasteiger partial charge on any atom is -0.468 e. The van der Waals surface area contributed by atoms with E-state index < -0.39 is 5.54 Å². The summed E-state index contributed by atoms with van der Waals surface area (Å²) in [6, 6.07) is 0.669. The molecule has 1 rings (SSSR count). The van der Waals surface area contributed by atoms with Crippen molar-refractivity contribution < 1.29 is 9.53 Å². The number of ether oxygens (including phenoxy) is 1. The summed E-state index contributed by atoms with van der Waals surface area (Å²) in [5.41, 5.74) is -0.556. The molecule has 5 nitrogen and oxygen atoms in total. The molecule has 0 aromatic carbocycles. The Kier molecular flexibility index (Phi) is 7.10. The quantitative estimate of drug-likeness (QED) is 0.539. The van der Waals surface area contributed by atoms with Crippen molar-refractivity contribution in [3.63, 3.8) is 0 Å². The standard InChI is InChI=1S/C16H33N3O2/c1-13-11-19(12-14(13)18(4)5)10-8-7-9-16(2,17-3)15(20)21-6/h13-14,17H,7-12H2,1-6H3. The van der Waals surface area contributed by atoms with Crippen molar-refractivity contribution in [1.82, 2.24) is 15.1 Å². The predicted octanol–water partition coefficient (Wildman–Crippen LogP) is 1.19. The van der Waals surface area contributed by atoms with Crippen LogP contribution in [0.4, 0.5) is 0 Å². The number of rotatable bonds is 8. The Hall–Kier alpha value is -0.650. The predicted molar refractivity (Wildman–Crippen MR) is 86.4 cm³/mol. The molecule has 0 aliphatic carbocycles. The molecule has 3 atom stereocenters. The summed E-state index contributed by atoms with van der Waals surface area (Å²) < 4.78 is 4.87. The molecule has 0 bridgehead atoms. The molecule has 1 saturated heterocycles. The van der Waals surface area contributed by atoms with Gasteiger partial charge in [0.15, 0.2) is 0 Å². The molecule has 21 heavy (non-hydrogen) atoms. The van der Waals surface area contributed by atoms with Gasteiger partial charge in [-0.05, 0) is 59.8 Å². The van der Waals surface area contributed by atoms with Crippen molar-refractivity contribution in [3.05, 3.63) is 0 Å². The number of methoxy groups -OCH3 is 1. The number of unbranched alkanes of at least 4 members (excludes halogenated alkanes) is 1. The van der Waals surface area contributed by atoms with Gasteiger partial charge < -0.3 is 19.9 Å². The molecule has 124 valence electrons. The lowest BCUT2D eigenvalue weighted by Crippen LogP contribution is -2.48. The average molecular weight is 299 g/mol. The van der Waals surface area contributed by atoms with Gasteiger partial charge in [0.25, 0.3) is 0 Å². The molecule has 0 saturated carbocycles. The van der Waals surface area contributed by atoms with E-state index in [0.29, 0.717) is 6.04 Å². The first-order chi connectivity index (χ1) is 9.84. The monoisotopic (exact) mass is 299 g/mol. The second-order valence-electron chi connectivity index (χ2n) is 6.80. The summed E-state index contributed by atoms with van der Waals surface area (Å²) in [5.74, 6) is 0.560. The molecule has 1 aliphatic heterocycles. The second kappa shape index (κ2) is 8.11. The van der Waals surface area contributed by atoms with Gasteiger partial charge in [0.1, 0.15) is 5.54 Å². The minimum atomic E-state index is -0.556. The molecule has 1 aliphatic rings. The number of carbonyl (C=O) groups excluding carboxylic acids is 1. The van der Waals surface area contributed by atoms with Gasteiger partial charge in [0.05, 0.1) is 7.11 Å². The minimum absolute atomic E-state index is 0.174. The molecule has 1 fully saturated rings. The van der Waals surface area contributed by atoms with Crippen LogP contribution in [-0.4, -0.2) is 75.2 Å². The van der Waals surface area contributed by atoms with Crippen molar-refractivity contribution in [2.75, 3.05) is 47.9 Å². The summed E-state index contributed by atoms with van der Waals surface area (Å²) in [4.78, 5) is 16.7. The zero-order valence-corrected chi connectivity index (χ0v) is 14.6. The highest BCUT2D eigenvalue weighted by molar-refractivity contribution is 5.80. The van der Waals surface area contributed by atoms with Crippen LogP contribution in [0.3, 0.4) is 0 Å². The highest BCUT2D eigenvalue weighted by atomic mass is 16.5. The lowest BCUT2D eigenvalue weighted by atomic mass is 9.95. The lowest BCUT2D eigenvalue weighted by Gasteiger charge is -2.26. The molecule has 0 spiro atoms. The van der Waals surface area contributed by atoms with Gasteiger partial charge in [-0.3, -0.25) is 4.79 Å². The molecule has 0 amide bonds. The summed E-state index contributed by atoms with van der Waals surface area (Å²) in [5, 5.41) is 3.09. The highest BCUT2D eigenvalue weighted by Gasteiger charge is 2.33. The smallest absolute Gasteiger partial charge is 0.325 e. The number of likely N-dealkylation sites (tertiary alicyclic amines) is 1. The normalized spacial score (nSPS) is 26.0. The van der Waals surface area contributed by atoms with Gasteiger partial charge in [-0.15, -0.1) is 0 Å². The summed E-state index contributed by atoms with van der Waals surface area (Å²) >= 11 is 0. The Labute approximate surface area is 130 Å². The van der Waals surface area contributed by atoms with Crippen LogP contribution in [0.5, 0.6) is 0 Å². The fourth-order valence-corrected chi connectivity index (χ4v) is 3.27. The van der Waals surface area contributed by atoms with E-state index in [-0.39, 0.29) is 5.97 Å². The zero-order chi connectivity index (χ0) is 16.0. The Balaban J connectivity index is 2.30. The Bertz CT molecular complexity index is 335. The van der Waals surface area contributed by atoms with Crippen LogP contribution in [0.1, 0.15) is 33.1 Å². The molecule has 1 N–H and O–H groups in total. The van der Waals surface area contributed by atoms with Crippen molar-refractivity contribution in [2.45, 2.75) is 44.7 Å². The topological polar surface area (TPSA) is 44.8 Å². The maximum absolute atomic E-state index is 11.8. The van der Waals surface area contributed by atoms with E-state index in [9.17, 15) is 4.79 Å². The van der Waals surface area contributed by atoms with E-state index >= 15 is 0 Å². The first kappa shape index (κ1) is 18.4. The van der Waals surface area contributed by atoms with Crippen LogP contribution < -0.4 is 5.32 Å². The van der Waals surface area contributed by atoms with Gasteiger partial charge >= 0.3 is 5.97 Å². The summed E-state index contributed by atoms with van der Waals surface area (Å²) in [7, 11) is 7.60. The molecule has 0 aromatic heterocycles.